The van der Waals surface area contributed by atoms with Crippen molar-refractivity contribution in [3.8, 4) is 22.8 Å². The average molecular weight is 646 g/mol. The second kappa shape index (κ2) is 11.1. The van der Waals surface area contributed by atoms with Crippen molar-refractivity contribution in [3.05, 3.63) is 158 Å². The molecule has 0 spiro atoms. The molecule has 3 aromatic heterocycles. The van der Waals surface area contributed by atoms with Crippen LogP contribution in [0.2, 0.25) is 0 Å². The molecular formula is C46H35N3O. The van der Waals surface area contributed by atoms with E-state index in [0.29, 0.717) is 12.5 Å². The van der Waals surface area contributed by atoms with E-state index >= 15 is 0 Å². The van der Waals surface area contributed by atoms with Gasteiger partial charge in [-0.1, -0.05) is 86.6 Å². The number of nitrogens with zero attached hydrogens (tertiary/aromatic N) is 3. The normalized spacial score (nSPS) is 12.1. The van der Waals surface area contributed by atoms with Crippen molar-refractivity contribution in [3.63, 3.8) is 0 Å². The average Bonchev–Trinajstić information content (AvgIpc) is 3.79. The van der Waals surface area contributed by atoms with Gasteiger partial charge in [-0.2, -0.15) is 0 Å². The SMILES string of the molecule is CC(C)COc1ccc(-n2c3ccc(-n4c5ccccc5c5ccccc54)cc3c3cc(-n4c5ccccc5c5ccccc54)ccc32)cc1. The monoisotopic (exact) mass is 645 g/mol. The first-order valence-electron chi connectivity index (χ1n) is 17.4. The van der Waals surface area contributed by atoms with E-state index in [2.05, 4.69) is 185 Å². The molecule has 3 heterocycles. The number of ether oxygens (including phenoxy) is 1. The predicted molar refractivity (Wildman–Crippen MR) is 210 cm³/mol. The number of hydrogen-bond acceptors (Lipinski definition) is 1. The van der Waals surface area contributed by atoms with Gasteiger partial charge in [0.1, 0.15) is 5.75 Å². The predicted octanol–water partition coefficient (Wildman–Crippen LogP) is 12.0. The second-order valence-electron chi connectivity index (χ2n) is 13.7. The van der Waals surface area contributed by atoms with E-state index < -0.39 is 0 Å². The lowest BCUT2D eigenvalue weighted by atomic mass is 10.1. The number of fused-ring (bicyclic) bond motifs is 9. The Kier molecular flexibility index (Phi) is 6.40. The Labute approximate surface area is 290 Å². The molecular weight excluding hydrogens is 611 g/mol. The van der Waals surface area contributed by atoms with Gasteiger partial charge in [0.05, 0.1) is 39.7 Å². The van der Waals surface area contributed by atoms with E-state index in [9.17, 15) is 0 Å². The second-order valence-corrected chi connectivity index (χ2v) is 13.7. The van der Waals surface area contributed by atoms with E-state index in [1.807, 2.05) is 0 Å². The molecule has 0 fully saturated rings. The highest BCUT2D eigenvalue weighted by Gasteiger charge is 2.18. The van der Waals surface area contributed by atoms with Crippen molar-refractivity contribution in [1.29, 1.82) is 0 Å². The molecule has 10 rings (SSSR count). The molecule has 50 heavy (non-hydrogen) atoms. The van der Waals surface area contributed by atoms with Crippen LogP contribution >= 0.6 is 0 Å². The molecule has 240 valence electrons. The Bertz CT molecular complexity index is 2620. The minimum absolute atomic E-state index is 0.472. The van der Waals surface area contributed by atoms with Crippen molar-refractivity contribution in [2.45, 2.75) is 13.8 Å². The van der Waals surface area contributed by atoms with Crippen LogP contribution in [0.15, 0.2) is 158 Å². The maximum atomic E-state index is 6.05. The number of aromatic nitrogens is 3. The molecule has 4 nitrogen and oxygen atoms in total. The fraction of sp³-hybridized carbons (Fsp3) is 0.0870. The van der Waals surface area contributed by atoms with Crippen LogP contribution in [0.25, 0.3) is 82.5 Å². The van der Waals surface area contributed by atoms with Gasteiger partial charge in [-0.05, 0) is 90.8 Å². The van der Waals surface area contributed by atoms with Gasteiger partial charge < -0.3 is 18.4 Å². The van der Waals surface area contributed by atoms with Crippen molar-refractivity contribution in [2.75, 3.05) is 6.61 Å². The molecule has 0 aliphatic rings. The third-order valence-electron chi connectivity index (χ3n) is 10.1. The molecule has 0 aliphatic carbocycles. The summed E-state index contributed by atoms with van der Waals surface area (Å²) in [6.45, 7) is 5.05. The topological polar surface area (TPSA) is 24.0 Å². The zero-order valence-electron chi connectivity index (χ0n) is 28.0. The molecule has 0 saturated heterocycles. The summed E-state index contributed by atoms with van der Waals surface area (Å²) < 4.78 is 13.3. The summed E-state index contributed by atoms with van der Waals surface area (Å²) in [6.07, 6.45) is 0. The molecule has 0 bridgehead atoms. The van der Waals surface area contributed by atoms with Crippen molar-refractivity contribution >= 4 is 65.4 Å². The summed E-state index contributed by atoms with van der Waals surface area (Å²) in [7, 11) is 0. The summed E-state index contributed by atoms with van der Waals surface area (Å²) in [5, 5.41) is 7.47. The third kappa shape index (κ3) is 4.31. The van der Waals surface area contributed by atoms with E-state index in [1.54, 1.807) is 0 Å². The molecule has 0 radical (unpaired) electrons. The first kappa shape index (κ1) is 28.7. The third-order valence-corrected chi connectivity index (χ3v) is 10.1. The van der Waals surface area contributed by atoms with Crippen LogP contribution in [-0.2, 0) is 0 Å². The first-order valence-corrected chi connectivity index (χ1v) is 17.4. The quantitative estimate of drug-likeness (QED) is 0.177. The van der Waals surface area contributed by atoms with Crippen LogP contribution in [0.1, 0.15) is 13.8 Å². The van der Waals surface area contributed by atoms with E-state index in [-0.39, 0.29) is 0 Å². The molecule has 7 aromatic carbocycles. The number of hydrogen-bond donors (Lipinski definition) is 0. The van der Waals surface area contributed by atoms with Crippen LogP contribution in [0.3, 0.4) is 0 Å². The van der Waals surface area contributed by atoms with Crippen LogP contribution in [0.5, 0.6) is 5.75 Å². The first-order chi connectivity index (χ1) is 24.6. The van der Waals surface area contributed by atoms with Crippen molar-refractivity contribution in [2.24, 2.45) is 5.92 Å². The molecule has 4 heteroatoms. The lowest BCUT2D eigenvalue weighted by molar-refractivity contribution is 0.271. The molecule has 0 N–H and O–H groups in total. The van der Waals surface area contributed by atoms with Gasteiger partial charge in [0, 0.05) is 49.4 Å². The Morgan fingerprint density at radius 2 is 0.720 bits per heavy atom. The lowest BCUT2D eigenvalue weighted by Crippen LogP contribution is -2.04. The Hall–Kier alpha value is -6.26. The highest BCUT2D eigenvalue weighted by atomic mass is 16.5. The van der Waals surface area contributed by atoms with Gasteiger partial charge in [0.2, 0.25) is 0 Å². The van der Waals surface area contributed by atoms with E-state index in [1.165, 1.54) is 65.4 Å². The minimum Gasteiger partial charge on any atom is -0.493 e. The van der Waals surface area contributed by atoms with Crippen LogP contribution in [0, 0.1) is 5.92 Å². The van der Waals surface area contributed by atoms with Crippen molar-refractivity contribution in [1.82, 2.24) is 13.7 Å². The molecule has 0 amide bonds. The number of para-hydroxylation sites is 4. The minimum atomic E-state index is 0.472. The summed E-state index contributed by atoms with van der Waals surface area (Å²) >= 11 is 0. The number of benzene rings is 7. The fourth-order valence-electron chi connectivity index (χ4n) is 7.91. The Morgan fingerprint density at radius 3 is 1.12 bits per heavy atom. The zero-order chi connectivity index (χ0) is 33.3. The Balaban J connectivity index is 1.24. The molecule has 0 aliphatic heterocycles. The molecule has 0 saturated carbocycles. The van der Waals surface area contributed by atoms with Crippen LogP contribution < -0.4 is 4.74 Å². The lowest BCUT2D eigenvalue weighted by Gasteiger charge is -2.12. The van der Waals surface area contributed by atoms with Crippen LogP contribution in [0.4, 0.5) is 0 Å². The highest BCUT2D eigenvalue weighted by Crippen LogP contribution is 2.39. The Morgan fingerprint density at radius 1 is 0.380 bits per heavy atom. The summed E-state index contributed by atoms with van der Waals surface area (Å²) in [6, 6.07) is 57.3. The molecule has 10 aromatic rings. The summed E-state index contributed by atoms with van der Waals surface area (Å²) in [4.78, 5) is 0. The van der Waals surface area contributed by atoms with Gasteiger partial charge in [-0.3, -0.25) is 0 Å². The summed E-state index contributed by atoms with van der Waals surface area (Å²) in [5.41, 5.74) is 10.6. The molecule has 0 unspecified atom stereocenters. The maximum Gasteiger partial charge on any atom is 0.119 e. The zero-order valence-corrected chi connectivity index (χ0v) is 28.0. The van der Waals surface area contributed by atoms with Gasteiger partial charge in [0.25, 0.3) is 0 Å². The maximum absolute atomic E-state index is 6.05. The summed E-state index contributed by atoms with van der Waals surface area (Å²) in [5.74, 6) is 1.37. The van der Waals surface area contributed by atoms with Gasteiger partial charge >= 0.3 is 0 Å². The van der Waals surface area contributed by atoms with Gasteiger partial charge in [-0.15, -0.1) is 0 Å². The van der Waals surface area contributed by atoms with E-state index in [0.717, 1.165) is 22.8 Å². The van der Waals surface area contributed by atoms with Crippen molar-refractivity contribution < 1.29 is 4.74 Å². The van der Waals surface area contributed by atoms with Gasteiger partial charge in [0.15, 0.2) is 0 Å². The van der Waals surface area contributed by atoms with Crippen LogP contribution in [-0.4, -0.2) is 20.3 Å². The standard InChI is InChI=1S/C46H35N3O/c1-30(2)29-50-34-23-19-31(20-24-34)47-45-25-21-32(48-41-15-7-3-11-35(41)36-12-4-8-16-42(36)48)27-39(45)40-28-33(22-26-46(40)47)49-43-17-9-5-13-37(43)38-14-6-10-18-44(38)49/h3-28,30H,29H2,1-2H3. The molecule has 0 atom stereocenters. The smallest absolute Gasteiger partial charge is 0.119 e. The highest BCUT2D eigenvalue weighted by molar-refractivity contribution is 6.14. The fourth-order valence-corrected chi connectivity index (χ4v) is 7.91. The van der Waals surface area contributed by atoms with E-state index in [4.69, 9.17) is 4.74 Å². The largest absolute Gasteiger partial charge is 0.493 e. The number of rotatable bonds is 6. The van der Waals surface area contributed by atoms with Gasteiger partial charge in [-0.25, -0.2) is 0 Å².